The van der Waals surface area contributed by atoms with Gasteiger partial charge >= 0.3 is 11.9 Å². The second-order valence-corrected chi connectivity index (χ2v) is 3.79. The fraction of sp³-hybridized carbons (Fsp3) is 0.429. The summed E-state index contributed by atoms with van der Waals surface area (Å²) in [6.45, 7) is 9.20. The molecule has 0 aromatic rings. The van der Waals surface area contributed by atoms with Gasteiger partial charge in [0.25, 0.3) is 0 Å². The van der Waals surface area contributed by atoms with Crippen molar-refractivity contribution in [3.05, 3.63) is 24.3 Å². The van der Waals surface area contributed by atoms with Crippen molar-refractivity contribution >= 4 is 24.5 Å². The number of rotatable bonds is 7. The van der Waals surface area contributed by atoms with Crippen molar-refractivity contribution in [2.75, 3.05) is 0 Å². The number of aldehydes is 2. The Morgan fingerprint density at radius 2 is 1.05 bits per heavy atom. The Labute approximate surface area is 118 Å². The van der Waals surface area contributed by atoms with Gasteiger partial charge < -0.3 is 19.8 Å². The lowest BCUT2D eigenvalue weighted by Gasteiger charge is -1.85. The smallest absolute Gasteiger partial charge is 0.330 e. The summed E-state index contributed by atoms with van der Waals surface area (Å²) in [5.74, 6) is -1.87. The molecule has 0 aliphatic heterocycles. The lowest BCUT2D eigenvalue weighted by molar-refractivity contribution is -0.133. The van der Waals surface area contributed by atoms with Crippen LogP contribution in [0.4, 0.5) is 0 Å². The minimum atomic E-state index is -0.935. The van der Waals surface area contributed by atoms with E-state index in [0.717, 1.165) is 25.4 Å². The predicted octanol–water partition coefficient (Wildman–Crippen LogP) is 2.24. The first-order valence-electron chi connectivity index (χ1n) is 5.85. The van der Waals surface area contributed by atoms with Crippen LogP contribution < -0.4 is 0 Å². The summed E-state index contributed by atoms with van der Waals surface area (Å²) in [5.41, 5.74) is 0.352. The SMILES string of the molecule is C=C(C)C(=O)O.C=C(C)C(=O)O.O=CCCCCC=O. The molecule has 20 heavy (non-hydrogen) atoms. The third kappa shape index (κ3) is 29.7. The zero-order chi connectivity index (χ0) is 16.6. The first-order valence-corrected chi connectivity index (χ1v) is 5.85. The van der Waals surface area contributed by atoms with Crippen molar-refractivity contribution in [2.24, 2.45) is 0 Å². The monoisotopic (exact) mass is 286 g/mol. The van der Waals surface area contributed by atoms with Gasteiger partial charge in [-0.15, -0.1) is 0 Å². The zero-order valence-corrected chi connectivity index (χ0v) is 11.9. The third-order valence-electron chi connectivity index (χ3n) is 1.62. The van der Waals surface area contributed by atoms with Gasteiger partial charge in [-0.1, -0.05) is 13.2 Å². The van der Waals surface area contributed by atoms with Gasteiger partial charge in [-0.3, -0.25) is 0 Å². The quantitative estimate of drug-likeness (QED) is 0.422. The molecule has 0 aromatic heterocycles. The molecule has 6 heteroatoms. The highest BCUT2D eigenvalue weighted by atomic mass is 16.4. The average Bonchev–Trinajstić information content (AvgIpc) is 2.36. The molecule has 0 fully saturated rings. The topological polar surface area (TPSA) is 109 Å². The van der Waals surface area contributed by atoms with E-state index in [1.807, 2.05) is 0 Å². The van der Waals surface area contributed by atoms with Crippen LogP contribution in [-0.4, -0.2) is 34.7 Å². The van der Waals surface area contributed by atoms with E-state index >= 15 is 0 Å². The molecule has 2 N–H and O–H groups in total. The molecule has 0 saturated carbocycles. The maximum absolute atomic E-state index is 9.68. The number of carbonyl (C=O) groups is 4. The molecule has 0 amide bonds. The van der Waals surface area contributed by atoms with Gasteiger partial charge in [-0.05, 0) is 26.7 Å². The van der Waals surface area contributed by atoms with E-state index in [2.05, 4.69) is 13.2 Å². The Kier molecular flexibility index (Phi) is 19.2. The molecule has 0 aromatic carbocycles. The van der Waals surface area contributed by atoms with Crippen molar-refractivity contribution < 1.29 is 29.4 Å². The lowest BCUT2D eigenvalue weighted by Crippen LogP contribution is -1.92. The van der Waals surface area contributed by atoms with Crippen molar-refractivity contribution in [3.8, 4) is 0 Å². The van der Waals surface area contributed by atoms with Gasteiger partial charge in [-0.2, -0.15) is 0 Å². The third-order valence-corrected chi connectivity index (χ3v) is 1.62. The summed E-state index contributed by atoms with van der Waals surface area (Å²) in [6.07, 6.45) is 4.64. The molecule has 6 nitrogen and oxygen atoms in total. The second-order valence-electron chi connectivity index (χ2n) is 3.79. The molecule has 0 radical (unpaired) electrons. The first kappa shape index (κ1) is 22.9. The van der Waals surface area contributed by atoms with Crippen LogP contribution in [0.3, 0.4) is 0 Å². The second kappa shape index (κ2) is 16.8. The van der Waals surface area contributed by atoms with Crippen LogP contribution in [0.1, 0.15) is 39.5 Å². The van der Waals surface area contributed by atoms with Crippen molar-refractivity contribution in [1.29, 1.82) is 0 Å². The Bertz CT molecular complexity index is 286. The molecule has 0 heterocycles. The highest BCUT2D eigenvalue weighted by Crippen LogP contribution is 1.93. The van der Waals surface area contributed by atoms with Gasteiger partial charge in [0.2, 0.25) is 0 Å². The Hall–Kier alpha value is -2.24. The number of aliphatic carboxylic acids is 2. The minimum Gasteiger partial charge on any atom is -0.478 e. The number of hydrogen-bond donors (Lipinski definition) is 2. The summed E-state index contributed by atoms with van der Waals surface area (Å²) < 4.78 is 0. The summed E-state index contributed by atoms with van der Waals surface area (Å²) in [7, 11) is 0. The molecule has 0 aliphatic rings. The van der Waals surface area contributed by atoms with E-state index in [0.29, 0.717) is 12.8 Å². The predicted molar refractivity (Wildman–Crippen MR) is 75.5 cm³/mol. The van der Waals surface area contributed by atoms with Crippen LogP contribution in [0.25, 0.3) is 0 Å². The molecule has 0 unspecified atom stereocenters. The van der Waals surface area contributed by atoms with Crippen molar-refractivity contribution in [2.45, 2.75) is 39.5 Å². The molecule has 0 saturated heterocycles. The van der Waals surface area contributed by atoms with E-state index in [4.69, 9.17) is 10.2 Å². The van der Waals surface area contributed by atoms with Crippen molar-refractivity contribution in [3.63, 3.8) is 0 Å². The van der Waals surface area contributed by atoms with E-state index in [1.54, 1.807) is 0 Å². The molecule has 114 valence electrons. The van der Waals surface area contributed by atoms with Crippen LogP contribution in [0.5, 0.6) is 0 Å². The summed E-state index contributed by atoms with van der Waals surface area (Å²) in [5, 5.41) is 15.8. The van der Waals surface area contributed by atoms with Gasteiger partial charge in [0, 0.05) is 24.0 Å². The van der Waals surface area contributed by atoms with E-state index < -0.39 is 11.9 Å². The highest BCUT2D eigenvalue weighted by Gasteiger charge is 1.90. The molecule has 0 aliphatic carbocycles. The highest BCUT2D eigenvalue weighted by molar-refractivity contribution is 5.85. The zero-order valence-electron chi connectivity index (χ0n) is 11.9. The number of unbranched alkanes of at least 4 members (excludes halogenated alkanes) is 3. The number of hydrogen-bond acceptors (Lipinski definition) is 4. The largest absolute Gasteiger partial charge is 0.478 e. The Morgan fingerprint density at radius 1 is 0.850 bits per heavy atom. The standard InChI is InChI=1S/C6H10O2.2C4H6O2/c7-5-3-1-2-4-6-8;2*1-3(2)4(5)6/h5-6H,1-4H2;2*1H2,2H3,(H,5,6). The van der Waals surface area contributed by atoms with Crippen LogP contribution >= 0.6 is 0 Å². The molecule has 0 rings (SSSR count). The number of carboxylic acid groups (broad SMARTS) is 2. The number of carbonyl (C=O) groups excluding carboxylic acids is 2. The van der Waals surface area contributed by atoms with Crippen LogP contribution in [0, 0.1) is 0 Å². The lowest BCUT2D eigenvalue weighted by atomic mass is 10.2. The van der Waals surface area contributed by atoms with Gasteiger partial charge in [0.1, 0.15) is 12.6 Å². The molecule has 0 spiro atoms. The maximum atomic E-state index is 9.68. The fourth-order valence-electron chi connectivity index (χ4n) is 0.455. The normalized spacial score (nSPS) is 7.90. The fourth-order valence-corrected chi connectivity index (χ4v) is 0.455. The van der Waals surface area contributed by atoms with E-state index in [-0.39, 0.29) is 11.1 Å². The van der Waals surface area contributed by atoms with Gasteiger partial charge in [0.05, 0.1) is 0 Å². The summed E-state index contributed by atoms with van der Waals surface area (Å²) in [4.78, 5) is 38.6. The Morgan fingerprint density at radius 3 is 1.15 bits per heavy atom. The molecular formula is C14H22O6. The molecule has 0 atom stereocenters. The van der Waals surface area contributed by atoms with Gasteiger partial charge in [0.15, 0.2) is 0 Å². The van der Waals surface area contributed by atoms with Crippen LogP contribution in [-0.2, 0) is 19.2 Å². The van der Waals surface area contributed by atoms with Crippen molar-refractivity contribution in [1.82, 2.24) is 0 Å². The maximum Gasteiger partial charge on any atom is 0.330 e. The Balaban J connectivity index is -0.000000221. The molecular weight excluding hydrogens is 264 g/mol. The summed E-state index contributed by atoms with van der Waals surface area (Å²) in [6, 6.07) is 0. The first-order chi connectivity index (χ1) is 9.20. The number of carboxylic acids is 2. The minimum absolute atomic E-state index is 0.176. The summed E-state index contributed by atoms with van der Waals surface area (Å²) >= 11 is 0. The van der Waals surface area contributed by atoms with Crippen LogP contribution in [0.15, 0.2) is 24.3 Å². The van der Waals surface area contributed by atoms with E-state index in [9.17, 15) is 19.2 Å². The average molecular weight is 286 g/mol. The van der Waals surface area contributed by atoms with Gasteiger partial charge in [-0.25, -0.2) is 9.59 Å². The van der Waals surface area contributed by atoms with Crippen LogP contribution in [0.2, 0.25) is 0 Å². The van der Waals surface area contributed by atoms with E-state index in [1.165, 1.54) is 13.8 Å². The molecule has 0 bridgehead atoms.